The molecule has 0 saturated carbocycles. The molecule has 1 rings (SSSR count). The molecular weight excluding hydrogens is 332 g/mol. The van der Waals surface area contributed by atoms with E-state index < -0.39 is 25.7 Å². The fraction of sp³-hybridized carbons (Fsp3) is 0.474. The summed E-state index contributed by atoms with van der Waals surface area (Å²) >= 11 is 0. The van der Waals surface area contributed by atoms with Gasteiger partial charge in [0.2, 0.25) is 5.91 Å². The van der Waals surface area contributed by atoms with Crippen LogP contribution in [0, 0.1) is 11.5 Å². The molecule has 0 aliphatic rings. The largest absolute Gasteiger partial charge is 0.465 e. The minimum absolute atomic E-state index is 0.343. The zero-order valence-corrected chi connectivity index (χ0v) is 16.9. The molecule has 1 aromatic carbocycles. The molecule has 1 atom stereocenters. The third-order valence-electron chi connectivity index (χ3n) is 3.38. The van der Waals surface area contributed by atoms with Crippen molar-refractivity contribution in [1.82, 2.24) is 10.6 Å². The lowest BCUT2D eigenvalue weighted by molar-refractivity contribution is -0.124. The molecule has 0 heterocycles. The molecule has 0 aliphatic carbocycles. The minimum Gasteiger partial charge on any atom is -0.465 e. The van der Waals surface area contributed by atoms with Crippen molar-refractivity contribution < 1.29 is 14.7 Å². The van der Waals surface area contributed by atoms with E-state index in [1.807, 2.05) is 38.1 Å². The highest BCUT2D eigenvalue weighted by Crippen LogP contribution is 2.14. The number of amides is 2. The number of nitrogens with one attached hydrogen (secondary N) is 2. The van der Waals surface area contributed by atoms with Crippen molar-refractivity contribution in [3.63, 3.8) is 0 Å². The second kappa shape index (κ2) is 8.21. The van der Waals surface area contributed by atoms with E-state index in [1.54, 1.807) is 0 Å². The van der Waals surface area contributed by atoms with E-state index in [4.69, 9.17) is 5.11 Å². The topological polar surface area (TPSA) is 78.4 Å². The second-order valence-electron chi connectivity index (χ2n) is 7.92. The van der Waals surface area contributed by atoms with Crippen molar-refractivity contribution in [2.45, 2.75) is 58.4 Å². The number of carbonyl (C=O) groups is 2. The van der Waals surface area contributed by atoms with E-state index in [2.05, 4.69) is 41.7 Å². The fourth-order valence-electron chi connectivity index (χ4n) is 2.21. The van der Waals surface area contributed by atoms with Crippen molar-refractivity contribution in [3.8, 4) is 11.5 Å². The van der Waals surface area contributed by atoms with Gasteiger partial charge in [-0.1, -0.05) is 37.7 Å². The van der Waals surface area contributed by atoms with Gasteiger partial charge in [-0.3, -0.25) is 4.79 Å². The fourth-order valence-corrected chi connectivity index (χ4v) is 2.73. The van der Waals surface area contributed by atoms with E-state index >= 15 is 0 Å². The summed E-state index contributed by atoms with van der Waals surface area (Å²) in [5, 5.41) is 13.7. The maximum Gasteiger partial charge on any atom is 0.405 e. The molecule has 0 aliphatic heterocycles. The summed E-state index contributed by atoms with van der Waals surface area (Å²) in [7, 11) is -1.39. The Morgan fingerprint density at radius 3 is 2.24 bits per heavy atom. The van der Waals surface area contributed by atoms with E-state index in [0.717, 1.165) is 11.1 Å². The van der Waals surface area contributed by atoms with Gasteiger partial charge >= 0.3 is 6.09 Å². The zero-order chi connectivity index (χ0) is 19.3. The Kier molecular flexibility index (Phi) is 6.83. The molecular formula is C19H28N2O3Si. The lowest BCUT2D eigenvalue weighted by atomic mass is 9.94. The average molecular weight is 361 g/mol. The summed E-state index contributed by atoms with van der Waals surface area (Å²) in [4.78, 5) is 22.7. The van der Waals surface area contributed by atoms with Crippen LogP contribution in [0.1, 0.15) is 31.9 Å². The smallest absolute Gasteiger partial charge is 0.405 e. The molecule has 5 nitrogen and oxygen atoms in total. The van der Waals surface area contributed by atoms with Crippen molar-refractivity contribution in [3.05, 3.63) is 35.4 Å². The number of carboxylic acid groups (broad SMARTS) is 1. The molecule has 0 saturated heterocycles. The third-order valence-corrected chi connectivity index (χ3v) is 4.25. The molecule has 0 fully saturated rings. The molecule has 0 spiro atoms. The Morgan fingerprint density at radius 1 is 1.20 bits per heavy atom. The standard InChI is InChI=1S/C19H28N2O3Si/c1-14(20-18(23)24)17(22)21-19(2,3)13-16-9-7-15(8-10-16)11-12-25(4,5)6/h7-10,14,20H,13H2,1-6H3,(H,21,22)(H,23,24)/t14-/m0/s1. The first-order valence-corrected chi connectivity index (χ1v) is 11.8. The summed E-state index contributed by atoms with van der Waals surface area (Å²) in [5.74, 6) is 2.88. The second-order valence-corrected chi connectivity index (χ2v) is 12.7. The highest BCUT2D eigenvalue weighted by molar-refractivity contribution is 6.83. The van der Waals surface area contributed by atoms with Gasteiger partial charge in [-0.2, -0.15) is 0 Å². The van der Waals surface area contributed by atoms with Gasteiger partial charge in [0.15, 0.2) is 0 Å². The highest BCUT2D eigenvalue weighted by Gasteiger charge is 2.24. The van der Waals surface area contributed by atoms with Gasteiger partial charge in [-0.05, 0) is 44.9 Å². The Morgan fingerprint density at radius 2 is 1.76 bits per heavy atom. The molecule has 2 amide bonds. The Labute approximate surface area is 151 Å². The first-order valence-electron chi connectivity index (χ1n) is 8.32. The summed E-state index contributed by atoms with van der Waals surface area (Å²) in [6.45, 7) is 12.0. The van der Waals surface area contributed by atoms with Crippen molar-refractivity contribution >= 4 is 20.1 Å². The maximum absolute atomic E-state index is 12.1. The van der Waals surface area contributed by atoms with Crippen LogP contribution in [-0.2, 0) is 11.2 Å². The zero-order valence-electron chi connectivity index (χ0n) is 15.9. The first-order chi connectivity index (χ1) is 11.4. The van der Waals surface area contributed by atoms with Gasteiger partial charge in [0.1, 0.15) is 14.1 Å². The molecule has 1 aromatic rings. The minimum atomic E-state index is -1.39. The van der Waals surface area contributed by atoms with Crippen LogP contribution in [-0.4, -0.2) is 36.8 Å². The SMILES string of the molecule is C[C@H](NC(=O)O)C(=O)NC(C)(C)Cc1ccc(C#C[Si](C)(C)C)cc1. The monoisotopic (exact) mass is 360 g/mol. The van der Waals surface area contributed by atoms with Gasteiger partial charge in [-0.15, -0.1) is 5.54 Å². The molecule has 25 heavy (non-hydrogen) atoms. The number of rotatable bonds is 5. The van der Waals surface area contributed by atoms with Crippen LogP contribution in [0.3, 0.4) is 0 Å². The van der Waals surface area contributed by atoms with Crippen molar-refractivity contribution in [2.75, 3.05) is 0 Å². The Bertz CT molecular complexity index is 679. The molecule has 3 N–H and O–H groups in total. The number of carbonyl (C=O) groups excluding carboxylic acids is 1. The van der Waals surface area contributed by atoms with Crippen molar-refractivity contribution in [2.24, 2.45) is 0 Å². The summed E-state index contributed by atoms with van der Waals surface area (Å²) < 4.78 is 0. The van der Waals surface area contributed by atoms with Crippen molar-refractivity contribution in [1.29, 1.82) is 0 Å². The van der Waals surface area contributed by atoms with Crippen LogP contribution >= 0.6 is 0 Å². The van der Waals surface area contributed by atoms with Crippen LogP contribution in [0.15, 0.2) is 24.3 Å². The van der Waals surface area contributed by atoms with Gasteiger partial charge in [0.25, 0.3) is 0 Å². The van der Waals surface area contributed by atoms with Crippen LogP contribution < -0.4 is 10.6 Å². The van der Waals surface area contributed by atoms with Crippen LogP contribution in [0.5, 0.6) is 0 Å². The Hall–Kier alpha value is -2.26. The van der Waals surface area contributed by atoms with E-state index in [-0.39, 0.29) is 5.91 Å². The third kappa shape index (κ3) is 8.41. The van der Waals surface area contributed by atoms with Crippen LogP contribution in [0.2, 0.25) is 19.6 Å². The molecule has 0 aromatic heterocycles. The molecule has 0 bridgehead atoms. The van der Waals surface area contributed by atoms with Gasteiger partial charge in [0, 0.05) is 11.1 Å². The predicted molar refractivity (Wildman–Crippen MR) is 103 cm³/mol. The Balaban J connectivity index is 2.71. The summed E-state index contributed by atoms with van der Waals surface area (Å²) in [6.07, 6.45) is -0.573. The van der Waals surface area contributed by atoms with Gasteiger partial charge < -0.3 is 15.7 Å². The quantitative estimate of drug-likeness (QED) is 0.558. The highest BCUT2D eigenvalue weighted by atomic mass is 28.3. The van der Waals surface area contributed by atoms with Crippen LogP contribution in [0.25, 0.3) is 0 Å². The van der Waals surface area contributed by atoms with Gasteiger partial charge in [-0.25, -0.2) is 4.79 Å². The average Bonchev–Trinajstić information content (AvgIpc) is 2.44. The lowest BCUT2D eigenvalue weighted by Gasteiger charge is -2.28. The number of hydrogen-bond acceptors (Lipinski definition) is 2. The number of benzene rings is 1. The number of hydrogen-bond donors (Lipinski definition) is 3. The normalized spacial score (nSPS) is 12.6. The van der Waals surface area contributed by atoms with E-state index in [1.165, 1.54) is 6.92 Å². The summed E-state index contributed by atoms with van der Waals surface area (Å²) in [6, 6.07) is 7.22. The lowest BCUT2D eigenvalue weighted by Crippen LogP contribution is -2.52. The maximum atomic E-state index is 12.1. The molecule has 136 valence electrons. The first kappa shape index (κ1) is 20.8. The predicted octanol–water partition coefficient (Wildman–Crippen LogP) is 3.01. The summed E-state index contributed by atoms with van der Waals surface area (Å²) in [5.41, 5.74) is 4.93. The van der Waals surface area contributed by atoms with Gasteiger partial charge in [0.05, 0.1) is 0 Å². The van der Waals surface area contributed by atoms with Crippen LogP contribution in [0.4, 0.5) is 4.79 Å². The molecule has 0 radical (unpaired) electrons. The van der Waals surface area contributed by atoms with E-state index in [9.17, 15) is 9.59 Å². The molecule has 0 unspecified atom stereocenters. The molecule has 6 heteroatoms. The van der Waals surface area contributed by atoms with E-state index in [0.29, 0.717) is 6.42 Å².